The van der Waals surface area contributed by atoms with Crippen LogP contribution >= 0.6 is 35.4 Å². The highest BCUT2D eigenvalue weighted by molar-refractivity contribution is 7.80. The first-order valence-electron chi connectivity index (χ1n) is 10.8. The lowest BCUT2D eigenvalue weighted by atomic mass is 9.96. The number of hydrogen-bond acceptors (Lipinski definition) is 3. The maximum absolute atomic E-state index is 10.7. The molecule has 2 aromatic carbocycles. The van der Waals surface area contributed by atoms with Crippen molar-refractivity contribution < 1.29 is 5.11 Å². The van der Waals surface area contributed by atoms with Crippen LogP contribution in [0.15, 0.2) is 72.9 Å². The van der Waals surface area contributed by atoms with Crippen LogP contribution in [-0.2, 0) is 0 Å². The molecule has 1 aliphatic heterocycles. The van der Waals surface area contributed by atoms with Crippen molar-refractivity contribution in [3.8, 4) is 11.4 Å². The van der Waals surface area contributed by atoms with Crippen LogP contribution in [0.4, 0.5) is 5.69 Å². The molecule has 1 saturated heterocycles. The molecule has 1 aliphatic rings. The van der Waals surface area contributed by atoms with Crippen molar-refractivity contribution in [2.45, 2.75) is 25.9 Å². The van der Waals surface area contributed by atoms with E-state index in [2.05, 4.69) is 27.9 Å². The Balaban J connectivity index is 1.71. The van der Waals surface area contributed by atoms with E-state index in [1.54, 1.807) is 24.4 Å². The molecule has 4 aromatic rings. The third kappa shape index (κ3) is 3.82. The minimum atomic E-state index is -0.248. The number of halogens is 2. The van der Waals surface area contributed by atoms with Crippen molar-refractivity contribution in [3.63, 3.8) is 0 Å². The molecule has 34 heavy (non-hydrogen) atoms. The molecule has 5 nitrogen and oxygen atoms in total. The molecule has 1 fully saturated rings. The average molecular weight is 509 g/mol. The van der Waals surface area contributed by atoms with E-state index in [9.17, 15) is 5.11 Å². The molecule has 2 N–H and O–H groups in total. The Bertz CT molecular complexity index is 1390. The van der Waals surface area contributed by atoms with Gasteiger partial charge in [-0.1, -0.05) is 41.4 Å². The molecule has 8 heteroatoms. The molecule has 2 aromatic heterocycles. The second-order valence-electron chi connectivity index (χ2n) is 8.24. The van der Waals surface area contributed by atoms with E-state index in [0.717, 1.165) is 28.3 Å². The molecule has 0 amide bonds. The Kier molecular flexibility index (Phi) is 5.98. The Morgan fingerprint density at radius 3 is 2.44 bits per heavy atom. The first kappa shape index (κ1) is 22.7. The number of aryl methyl sites for hydroxylation is 1. The summed E-state index contributed by atoms with van der Waals surface area (Å²) in [5.41, 5.74) is 5.44. The van der Waals surface area contributed by atoms with E-state index in [1.807, 2.05) is 54.3 Å². The van der Waals surface area contributed by atoms with Gasteiger partial charge in [-0.3, -0.25) is 4.98 Å². The zero-order valence-electron chi connectivity index (χ0n) is 18.5. The summed E-state index contributed by atoms with van der Waals surface area (Å²) in [5, 5.41) is 15.8. The molecular formula is C26H22Cl2N4OS. The number of benzene rings is 2. The van der Waals surface area contributed by atoms with Gasteiger partial charge in [0.1, 0.15) is 5.75 Å². The summed E-state index contributed by atoms with van der Waals surface area (Å²) in [6, 6.07) is 20.2. The second kappa shape index (κ2) is 8.95. The van der Waals surface area contributed by atoms with Crippen LogP contribution in [0.5, 0.6) is 5.75 Å². The molecule has 0 unspecified atom stereocenters. The number of phenolic OH excluding ortho intramolecular Hbond substituents is 1. The fourth-order valence-electron chi connectivity index (χ4n) is 4.72. The highest BCUT2D eigenvalue weighted by Crippen LogP contribution is 2.46. The zero-order chi connectivity index (χ0) is 24.0. The number of aromatic nitrogens is 2. The normalized spacial score (nSPS) is 17.8. The lowest BCUT2D eigenvalue weighted by Gasteiger charge is -2.28. The third-order valence-electron chi connectivity index (χ3n) is 6.18. The topological polar surface area (TPSA) is 53.3 Å². The summed E-state index contributed by atoms with van der Waals surface area (Å²) in [4.78, 5) is 6.58. The second-order valence-corrected chi connectivity index (χ2v) is 9.47. The number of aromatic hydroxyl groups is 1. The predicted molar refractivity (Wildman–Crippen MR) is 141 cm³/mol. The number of para-hydroxylation sites is 2. The van der Waals surface area contributed by atoms with Crippen molar-refractivity contribution in [2.75, 3.05) is 4.90 Å². The summed E-state index contributed by atoms with van der Waals surface area (Å²) in [6.45, 7) is 4.11. The lowest BCUT2D eigenvalue weighted by Crippen LogP contribution is -2.29. The maximum atomic E-state index is 10.7. The van der Waals surface area contributed by atoms with Crippen molar-refractivity contribution >= 4 is 46.2 Å². The number of thiocarbonyl (C=S) groups is 1. The molecule has 0 bridgehead atoms. The number of phenols is 1. The lowest BCUT2D eigenvalue weighted by molar-refractivity contribution is 0.472. The molecule has 3 heterocycles. The van der Waals surface area contributed by atoms with Gasteiger partial charge in [0.2, 0.25) is 0 Å². The minimum Gasteiger partial charge on any atom is -0.506 e. The zero-order valence-corrected chi connectivity index (χ0v) is 20.9. The van der Waals surface area contributed by atoms with E-state index in [4.69, 9.17) is 35.4 Å². The molecule has 172 valence electrons. The van der Waals surface area contributed by atoms with Gasteiger partial charge >= 0.3 is 0 Å². The van der Waals surface area contributed by atoms with Crippen LogP contribution in [0.2, 0.25) is 10.0 Å². The highest BCUT2D eigenvalue weighted by Gasteiger charge is 2.43. The van der Waals surface area contributed by atoms with Gasteiger partial charge in [-0.25, -0.2) is 0 Å². The molecule has 0 saturated carbocycles. The predicted octanol–water partition coefficient (Wildman–Crippen LogP) is 6.68. The number of rotatable bonds is 4. The fraction of sp³-hybridized carbons (Fsp3) is 0.154. The molecule has 2 atom stereocenters. The first-order chi connectivity index (χ1) is 16.4. The molecule has 5 rings (SSSR count). The number of nitrogens with one attached hydrogen (secondary N) is 1. The fourth-order valence-corrected chi connectivity index (χ4v) is 5.55. The summed E-state index contributed by atoms with van der Waals surface area (Å²) in [6.07, 6.45) is 1.77. The largest absolute Gasteiger partial charge is 0.506 e. The van der Waals surface area contributed by atoms with Crippen molar-refractivity contribution in [3.05, 3.63) is 106 Å². The number of anilines is 1. The van der Waals surface area contributed by atoms with Gasteiger partial charge in [-0.2, -0.15) is 0 Å². The van der Waals surface area contributed by atoms with Gasteiger partial charge in [0.25, 0.3) is 0 Å². The standard InChI is InChI=1S/C26H22Cl2N4OS/c1-15-13-18(16(2)31(15)21-11-10-17(27)14-19(21)28)25-24(20-7-5-6-12-29-20)30-26(34)32(25)22-8-3-4-9-23(22)33/h3-14,24-25,33H,1-2H3,(H,30,34)/t24-,25-/m1/s1. The van der Waals surface area contributed by atoms with Crippen LogP contribution in [0, 0.1) is 13.8 Å². The van der Waals surface area contributed by atoms with Gasteiger partial charge in [0, 0.05) is 22.6 Å². The van der Waals surface area contributed by atoms with Gasteiger partial charge in [-0.15, -0.1) is 0 Å². The molecule has 0 radical (unpaired) electrons. The minimum absolute atomic E-state index is 0.160. The SMILES string of the molecule is Cc1cc([C@@H]2[C@@H](c3ccccn3)NC(=S)N2c2ccccc2O)c(C)n1-c1ccc(Cl)cc1Cl. The van der Waals surface area contributed by atoms with Gasteiger partial charge in [0.05, 0.1) is 34.2 Å². The number of hydrogen-bond donors (Lipinski definition) is 2. The number of nitrogens with zero attached hydrogens (tertiary/aromatic N) is 3. The Labute approximate surface area is 213 Å². The van der Waals surface area contributed by atoms with E-state index in [1.165, 1.54) is 0 Å². The van der Waals surface area contributed by atoms with Gasteiger partial charge in [-0.05, 0) is 80.2 Å². The van der Waals surface area contributed by atoms with Crippen LogP contribution in [-0.4, -0.2) is 19.8 Å². The van der Waals surface area contributed by atoms with Crippen molar-refractivity contribution in [1.29, 1.82) is 0 Å². The van der Waals surface area contributed by atoms with Crippen molar-refractivity contribution in [1.82, 2.24) is 14.9 Å². The third-order valence-corrected chi connectivity index (χ3v) is 7.03. The average Bonchev–Trinajstić information content (AvgIpc) is 3.30. The Morgan fingerprint density at radius 2 is 1.74 bits per heavy atom. The quantitative estimate of drug-likeness (QED) is 0.301. The van der Waals surface area contributed by atoms with Gasteiger partial charge < -0.3 is 19.9 Å². The number of pyridine rings is 1. The van der Waals surface area contributed by atoms with Gasteiger partial charge in [0.15, 0.2) is 5.11 Å². The van der Waals surface area contributed by atoms with Crippen molar-refractivity contribution in [2.24, 2.45) is 0 Å². The smallest absolute Gasteiger partial charge is 0.174 e. The monoisotopic (exact) mass is 508 g/mol. The molecular weight excluding hydrogens is 487 g/mol. The molecule has 0 aliphatic carbocycles. The summed E-state index contributed by atoms with van der Waals surface area (Å²) in [5.74, 6) is 0.160. The summed E-state index contributed by atoms with van der Waals surface area (Å²) < 4.78 is 2.12. The van der Waals surface area contributed by atoms with E-state index in [-0.39, 0.29) is 17.8 Å². The Morgan fingerprint density at radius 1 is 0.971 bits per heavy atom. The maximum Gasteiger partial charge on any atom is 0.174 e. The molecule has 0 spiro atoms. The Hall–Kier alpha value is -3.06. The summed E-state index contributed by atoms with van der Waals surface area (Å²) in [7, 11) is 0. The van der Waals surface area contributed by atoms with Crippen LogP contribution < -0.4 is 10.2 Å². The van der Waals surface area contributed by atoms with Crippen LogP contribution in [0.25, 0.3) is 5.69 Å². The highest BCUT2D eigenvalue weighted by atomic mass is 35.5. The van der Waals surface area contributed by atoms with Crippen LogP contribution in [0.3, 0.4) is 0 Å². The first-order valence-corrected chi connectivity index (χ1v) is 12.0. The van der Waals surface area contributed by atoms with Crippen LogP contribution in [0.1, 0.15) is 34.7 Å². The summed E-state index contributed by atoms with van der Waals surface area (Å²) >= 11 is 18.5. The van der Waals surface area contributed by atoms with E-state index >= 15 is 0 Å². The van der Waals surface area contributed by atoms with E-state index in [0.29, 0.717) is 20.8 Å². The van der Waals surface area contributed by atoms with E-state index < -0.39 is 0 Å².